The molecule has 5 nitrogen and oxygen atoms in total. The van der Waals surface area contributed by atoms with Crippen molar-refractivity contribution < 1.29 is 13.0 Å². The van der Waals surface area contributed by atoms with Crippen molar-refractivity contribution in [3.8, 4) is 0 Å². The van der Waals surface area contributed by atoms with Crippen LogP contribution in [0.4, 0.5) is 0 Å². The van der Waals surface area contributed by atoms with E-state index in [9.17, 15) is 8.42 Å². The molecule has 0 spiro atoms. The van der Waals surface area contributed by atoms with E-state index in [4.69, 9.17) is 4.55 Å². The average molecular weight is 272 g/mol. The number of nitrogens with one attached hydrogen (secondary N) is 2. The number of rotatable bonds is 1. The summed E-state index contributed by atoms with van der Waals surface area (Å²) in [5, 5.41) is 6.59. The summed E-state index contributed by atoms with van der Waals surface area (Å²) in [7, 11) is -4.02. The lowest BCUT2D eigenvalue weighted by Gasteiger charge is -2.19. The number of benzene rings is 1. The predicted molar refractivity (Wildman–Crippen MR) is 71.3 cm³/mol. The van der Waals surface area contributed by atoms with Gasteiger partial charge in [-0.1, -0.05) is 17.7 Å². The van der Waals surface area contributed by atoms with Gasteiger partial charge in [0.25, 0.3) is 10.1 Å². The summed E-state index contributed by atoms with van der Waals surface area (Å²) in [5.74, 6) is 0. The standard InChI is InChI=1S/C7H8O3S.C5H12N2/c1-6-2-4-7(5-3-6)11(8,9)10;1-5-4-6-2-3-7-5/h2-5H,1H3,(H,8,9,10);5-7H,2-4H2,1H3. The van der Waals surface area contributed by atoms with Gasteiger partial charge in [-0.25, -0.2) is 0 Å². The molecule has 102 valence electrons. The Morgan fingerprint density at radius 3 is 2.17 bits per heavy atom. The Kier molecular flexibility index (Phi) is 5.74. The van der Waals surface area contributed by atoms with Gasteiger partial charge in [-0.3, -0.25) is 4.55 Å². The third-order valence-corrected chi connectivity index (χ3v) is 3.43. The maximum atomic E-state index is 10.5. The van der Waals surface area contributed by atoms with E-state index in [-0.39, 0.29) is 4.90 Å². The fraction of sp³-hybridized carbons (Fsp3) is 0.500. The Morgan fingerprint density at radius 2 is 1.83 bits per heavy atom. The molecule has 1 saturated heterocycles. The average Bonchev–Trinajstić information content (AvgIpc) is 2.30. The summed E-state index contributed by atoms with van der Waals surface area (Å²) in [6.45, 7) is 7.41. The molecule has 1 heterocycles. The first-order chi connectivity index (χ1) is 8.39. The molecular formula is C12H20N2O3S. The van der Waals surface area contributed by atoms with Gasteiger partial charge in [-0.2, -0.15) is 8.42 Å². The van der Waals surface area contributed by atoms with Gasteiger partial charge in [-0.15, -0.1) is 0 Å². The van der Waals surface area contributed by atoms with Crippen molar-refractivity contribution in [2.45, 2.75) is 24.8 Å². The quantitative estimate of drug-likeness (QED) is 0.659. The first kappa shape index (κ1) is 15.1. The van der Waals surface area contributed by atoms with Gasteiger partial charge >= 0.3 is 0 Å². The summed E-state index contributed by atoms with van der Waals surface area (Å²) in [6.07, 6.45) is 0. The molecule has 1 aromatic carbocycles. The van der Waals surface area contributed by atoms with Crippen LogP contribution in [0.3, 0.4) is 0 Å². The maximum absolute atomic E-state index is 10.5. The Hall–Kier alpha value is -0.950. The zero-order valence-electron chi connectivity index (χ0n) is 10.7. The third-order valence-electron chi connectivity index (χ3n) is 2.56. The van der Waals surface area contributed by atoms with Crippen LogP contribution >= 0.6 is 0 Å². The molecule has 3 N–H and O–H groups in total. The monoisotopic (exact) mass is 272 g/mol. The predicted octanol–water partition coefficient (Wildman–Crippen LogP) is 0.809. The fourth-order valence-electron chi connectivity index (χ4n) is 1.51. The van der Waals surface area contributed by atoms with Crippen molar-refractivity contribution in [1.29, 1.82) is 0 Å². The molecule has 0 radical (unpaired) electrons. The summed E-state index contributed by atoms with van der Waals surface area (Å²) in [6, 6.07) is 6.66. The largest absolute Gasteiger partial charge is 0.314 e. The highest BCUT2D eigenvalue weighted by Gasteiger charge is 2.06. The van der Waals surface area contributed by atoms with Crippen LogP contribution in [0.1, 0.15) is 12.5 Å². The minimum Gasteiger partial charge on any atom is -0.314 e. The van der Waals surface area contributed by atoms with Crippen LogP contribution < -0.4 is 10.6 Å². The molecule has 18 heavy (non-hydrogen) atoms. The normalized spacial score (nSPS) is 19.8. The van der Waals surface area contributed by atoms with Crippen molar-refractivity contribution >= 4 is 10.1 Å². The highest BCUT2D eigenvalue weighted by molar-refractivity contribution is 7.85. The molecule has 1 aliphatic heterocycles. The van der Waals surface area contributed by atoms with Gasteiger partial charge in [0, 0.05) is 25.7 Å². The smallest absolute Gasteiger partial charge is 0.294 e. The van der Waals surface area contributed by atoms with Crippen LogP contribution in [-0.4, -0.2) is 38.6 Å². The first-order valence-corrected chi connectivity index (χ1v) is 7.32. The highest BCUT2D eigenvalue weighted by atomic mass is 32.2. The Morgan fingerprint density at radius 1 is 1.22 bits per heavy atom. The van der Waals surface area contributed by atoms with E-state index < -0.39 is 10.1 Å². The van der Waals surface area contributed by atoms with Crippen molar-refractivity contribution in [3.05, 3.63) is 29.8 Å². The van der Waals surface area contributed by atoms with Gasteiger partial charge in [-0.05, 0) is 26.0 Å². The van der Waals surface area contributed by atoms with Gasteiger partial charge in [0.1, 0.15) is 0 Å². The minimum absolute atomic E-state index is 0.0666. The molecule has 1 fully saturated rings. The molecule has 1 aromatic rings. The van der Waals surface area contributed by atoms with Gasteiger partial charge < -0.3 is 10.6 Å². The molecule has 1 unspecified atom stereocenters. The molecule has 0 aromatic heterocycles. The Balaban J connectivity index is 0.000000199. The second kappa shape index (κ2) is 6.84. The van der Waals surface area contributed by atoms with Crippen LogP contribution in [0.15, 0.2) is 29.2 Å². The second-order valence-corrected chi connectivity index (χ2v) is 5.77. The van der Waals surface area contributed by atoms with Crippen LogP contribution in [0.2, 0.25) is 0 Å². The molecule has 0 bridgehead atoms. The summed E-state index contributed by atoms with van der Waals surface area (Å²) < 4.78 is 29.6. The SMILES string of the molecule is CC1CNCCN1.Cc1ccc(S(=O)(=O)O)cc1. The molecule has 0 saturated carbocycles. The molecule has 1 aliphatic rings. The lowest BCUT2D eigenvalue weighted by molar-refractivity contribution is 0.442. The van der Waals surface area contributed by atoms with Gasteiger partial charge in [0.2, 0.25) is 0 Å². The zero-order valence-corrected chi connectivity index (χ0v) is 11.5. The van der Waals surface area contributed by atoms with E-state index in [1.165, 1.54) is 12.1 Å². The molecule has 6 heteroatoms. The molecule has 0 aliphatic carbocycles. The number of hydrogen-bond acceptors (Lipinski definition) is 4. The van der Waals surface area contributed by atoms with E-state index in [1.54, 1.807) is 12.1 Å². The summed E-state index contributed by atoms with van der Waals surface area (Å²) >= 11 is 0. The Labute approximate surface area is 108 Å². The van der Waals surface area contributed by atoms with Gasteiger partial charge in [0.05, 0.1) is 4.90 Å². The van der Waals surface area contributed by atoms with E-state index in [1.807, 2.05) is 6.92 Å². The fourth-order valence-corrected chi connectivity index (χ4v) is 1.99. The van der Waals surface area contributed by atoms with E-state index >= 15 is 0 Å². The van der Waals surface area contributed by atoms with Crippen molar-refractivity contribution in [2.75, 3.05) is 19.6 Å². The van der Waals surface area contributed by atoms with Crippen LogP contribution in [0.25, 0.3) is 0 Å². The number of piperazine rings is 1. The van der Waals surface area contributed by atoms with E-state index in [0.717, 1.165) is 25.2 Å². The van der Waals surface area contributed by atoms with Crippen molar-refractivity contribution in [3.63, 3.8) is 0 Å². The van der Waals surface area contributed by atoms with Crippen LogP contribution in [-0.2, 0) is 10.1 Å². The van der Waals surface area contributed by atoms with Crippen molar-refractivity contribution in [2.24, 2.45) is 0 Å². The maximum Gasteiger partial charge on any atom is 0.294 e. The lowest BCUT2D eigenvalue weighted by Crippen LogP contribution is -2.46. The molecule has 1 atom stereocenters. The van der Waals surface area contributed by atoms with Crippen molar-refractivity contribution in [1.82, 2.24) is 10.6 Å². The molecular weight excluding hydrogens is 252 g/mol. The number of aryl methyl sites for hydroxylation is 1. The minimum atomic E-state index is -4.02. The molecule has 0 amide bonds. The van der Waals surface area contributed by atoms with E-state index in [2.05, 4.69) is 17.6 Å². The number of hydrogen-bond donors (Lipinski definition) is 3. The second-order valence-electron chi connectivity index (χ2n) is 4.35. The molecule has 2 rings (SSSR count). The van der Waals surface area contributed by atoms with Gasteiger partial charge in [0.15, 0.2) is 0 Å². The van der Waals surface area contributed by atoms with Crippen LogP contribution in [0, 0.1) is 6.92 Å². The lowest BCUT2D eigenvalue weighted by atomic mass is 10.2. The topological polar surface area (TPSA) is 78.4 Å². The van der Waals surface area contributed by atoms with Crippen LogP contribution in [0.5, 0.6) is 0 Å². The van der Waals surface area contributed by atoms with E-state index in [0.29, 0.717) is 6.04 Å². The zero-order chi connectivity index (χ0) is 13.6. The first-order valence-electron chi connectivity index (χ1n) is 5.88. The summed E-state index contributed by atoms with van der Waals surface area (Å²) in [4.78, 5) is -0.0666. The third kappa shape index (κ3) is 5.59. The highest BCUT2D eigenvalue weighted by Crippen LogP contribution is 2.08. The Bertz CT molecular complexity index is 451. The summed E-state index contributed by atoms with van der Waals surface area (Å²) in [5.41, 5.74) is 0.956.